The normalized spacial score (nSPS) is 28.8. The summed E-state index contributed by atoms with van der Waals surface area (Å²) in [5, 5.41) is 2.44. The van der Waals surface area contributed by atoms with E-state index in [0.29, 0.717) is 12.8 Å². The Hall–Kier alpha value is -1.39. The van der Waals surface area contributed by atoms with E-state index < -0.39 is 6.04 Å². The number of carbonyl (C=O) groups is 3. The van der Waals surface area contributed by atoms with Crippen molar-refractivity contribution in [2.75, 3.05) is 6.54 Å². The molecule has 0 radical (unpaired) electrons. The second-order valence-corrected chi connectivity index (χ2v) is 2.93. The molecular formula is C7H8N2O3. The monoisotopic (exact) mass is 168 g/mol. The van der Waals surface area contributed by atoms with Gasteiger partial charge in [-0.15, -0.1) is 0 Å². The van der Waals surface area contributed by atoms with E-state index in [1.54, 1.807) is 0 Å². The van der Waals surface area contributed by atoms with Crippen LogP contribution in [0.5, 0.6) is 0 Å². The van der Waals surface area contributed by atoms with Crippen molar-refractivity contribution in [2.45, 2.75) is 18.9 Å². The first-order valence-corrected chi connectivity index (χ1v) is 3.83. The molecule has 2 fully saturated rings. The summed E-state index contributed by atoms with van der Waals surface area (Å²) in [6, 6.07) is -0.529. The van der Waals surface area contributed by atoms with Crippen molar-refractivity contribution < 1.29 is 14.4 Å². The van der Waals surface area contributed by atoms with Gasteiger partial charge in [-0.25, -0.2) is 0 Å². The summed E-state index contributed by atoms with van der Waals surface area (Å²) in [6.45, 7) is -0.0406. The molecule has 0 unspecified atom stereocenters. The number of amides is 3. The quantitative estimate of drug-likeness (QED) is 0.454. The molecule has 2 aliphatic heterocycles. The van der Waals surface area contributed by atoms with Crippen LogP contribution in [0.2, 0.25) is 0 Å². The van der Waals surface area contributed by atoms with Gasteiger partial charge in [-0.05, 0) is 6.42 Å². The van der Waals surface area contributed by atoms with Gasteiger partial charge in [0.1, 0.15) is 6.04 Å². The lowest BCUT2D eigenvalue weighted by Crippen LogP contribution is -2.56. The zero-order valence-corrected chi connectivity index (χ0v) is 6.37. The predicted octanol–water partition coefficient (Wildman–Crippen LogP) is -1.37. The van der Waals surface area contributed by atoms with Crippen molar-refractivity contribution in [3.63, 3.8) is 0 Å². The van der Waals surface area contributed by atoms with Crippen LogP contribution in [0, 0.1) is 0 Å². The molecule has 1 N–H and O–H groups in total. The van der Waals surface area contributed by atoms with Crippen molar-refractivity contribution in [3.05, 3.63) is 0 Å². The van der Waals surface area contributed by atoms with E-state index in [1.165, 1.54) is 0 Å². The molecule has 1 atom stereocenters. The highest BCUT2D eigenvalue weighted by Gasteiger charge is 2.42. The third-order valence-electron chi connectivity index (χ3n) is 2.20. The summed E-state index contributed by atoms with van der Waals surface area (Å²) in [5.41, 5.74) is 0. The van der Waals surface area contributed by atoms with E-state index >= 15 is 0 Å². The summed E-state index contributed by atoms with van der Waals surface area (Å²) in [6.07, 6.45) is 0.778. The maximum Gasteiger partial charge on any atom is 0.249 e. The molecule has 0 bridgehead atoms. The Morgan fingerprint density at radius 2 is 2.00 bits per heavy atom. The molecule has 3 amide bonds. The molecule has 0 spiro atoms. The maximum absolute atomic E-state index is 11.1. The van der Waals surface area contributed by atoms with Gasteiger partial charge >= 0.3 is 0 Å². The van der Waals surface area contributed by atoms with E-state index in [9.17, 15) is 14.4 Å². The number of hydrogen-bond donors (Lipinski definition) is 1. The van der Waals surface area contributed by atoms with Crippen LogP contribution in [0.15, 0.2) is 0 Å². The molecule has 0 aliphatic carbocycles. The lowest BCUT2D eigenvalue weighted by atomic mass is 10.2. The average Bonchev–Trinajstić information content (AvgIpc) is 2.42. The summed E-state index contributed by atoms with van der Waals surface area (Å²) < 4.78 is 0. The van der Waals surface area contributed by atoms with Crippen molar-refractivity contribution >= 4 is 17.7 Å². The Morgan fingerprint density at radius 1 is 1.25 bits per heavy atom. The fourth-order valence-corrected chi connectivity index (χ4v) is 1.61. The number of hydrogen-bond acceptors (Lipinski definition) is 3. The van der Waals surface area contributed by atoms with Gasteiger partial charge in [0, 0.05) is 6.42 Å². The number of piperazine rings is 1. The molecule has 5 nitrogen and oxygen atoms in total. The van der Waals surface area contributed by atoms with E-state index in [0.717, 1.165) is 4.90 Å². The zero-order chi connectivity index (χ0) is 8.72. The molecule has 2 saturated heterocycles. The number of rotatable bonds is 0. The number of carbonyl (C=O) groups excluding carboxylic acids is 3. The number of fused-ring (bicyclic) bond motifs is 1. The Morgan fingerprint density at radius 3 is 2.67 bits per heavy atom. The minimum Gasteiger partial charge on any atom is -0.345 e. The van der Waals surface area contributed by atoms with Gasteiger partial charge in [0.25, 0.3) is 0 Å². The lowest BCUT2D eigenvalue weighted by molar-refractivity contribution is -0.151. The molecule has 0 aromatic rings. The third kappa shape index (κ3) is 0.823. The van der Waals surface area contributed by atoms with Gasteiger partial charge in [-0.2, -0.15) is 0 Å². The van der Waals surface area contributed by atoms with Gasteiger partial charge in [0.2, 0.25) is 17.7 Å². The molecule has 0 saturated carbocycles. The molecular weight excluding hydrogens is 160 g/mol. The highest BCUT2D eigenvalue weighted by atomic mass is 16.2. The van der Waals surface area contributed by atoms with Crippen molar-refractivity contribution in [3.8, 4) is 0 Å². The number of nitrogens with zero attached hydrogens (tertiary/aromatic N) is 1. The van der Waals surface area contributed by atoms with Crippen molar-refractivity contribution in [1.82, 2.24) is 10.2 Å². The average molecular weight is 168 g/mol. The maximum atomic E-state index is 11.1. The SMILES string of the molecule is O=C1NCC(=O)N2C(=O)CC[C@H]12. The molecule has 0 aromatic carbocycles. The molecule has 2 rings (SSSR count). The second kappa shape index (κ2) is 2.30. The van der Waals surface area contributed by atoms with Crippen molar-refractivity contribution in [2.24, 2.45) is 0 Å². The van der Waals surface area contributed by atoms with E-state index in [-0.39, 0.29) is 24.3 Å². The van der Waals surface area contributed by atoms with Crippen LogP contribution in [0.25, 0.3) is 0 Å². The Balaban J connectivity index is 2.30. The highest BCUT2D eigenvalue weighted by Crippen LogP contribution is 2.20. The van der Waals surface area contributed by atoms with Gasteiger partial charge in [-0.1, -0.05) is 0 Å². The molecule has 12 heavy (non-hydrogen) atoms. The van der Waals surface area contributed by atoms with Crippen LogP contribution in [-0.4, -0.2) is 35.2 Å². The third-order valence-corrected chi connectivity index (χ3v) is 2.20. The summed E-state index contributed by atoms with van der Waals surface area (Å²) >= 11 is 0. The highest BCUT2D eigenvalue weighted by molar-refractivity contribution is 6.06. The van der Waals surface area contributed by atoms with Crippen LogP contribution >= 0.6 is 0 Å². The first kappa shape index (κ1) is 7.27. The van der Waals surface area contributed by atoms with Crippen LogP contribution in [0.3, 0.4) is 0 Å². The topological polar surface area (TPSA) is 66.5 Å². The Kier molecular flexibility index (Phi) is 1.39. The largest absolute Gasteiger partial charge is 0.345 e. The Labute approximate surface area is 68.7 Å². The molecule has 0 aromatic heterocycles. The standard InChI is InChI=1S/C7H8N2O3/c10-5-2-1-4-7(12)8-3-6(11)9(4)5/h4H,1-3H2,(H,8,12)/t4-/m1/s1. The van der Waals surface area contributed by atoms with Gasteiger partial charge < -0.3 is 5.32 Å². The summed E-state index contributed by atoms with van der Waals surface area (Å²) in [4.78, 5) is 34.4. The molecule has 64 valence electrons. The number of imide groups is 1. The number of nitrogens with one attached hydrogen (secondary N) is 1. The second-order valence-electron chi connectivity index (χ2n) is 2.93. The lowest BCUT2D eigenvalue weighted by Gasteiger charge is -2.26. The van der Waals surface area contributed by atoms with Gasteiger partial charge in [-0.3, -0.25) is 19.3 Å². The first-order valence-electron chi connectivity index (χ1n) is 3.83. The fraction of sp³-hybridized carbons (Fsp3) is 0.571. The first-order chi connectivity index (χ1) is 5.70. The van der Waals surface area contributed by atoms with Gasteiger partial charge in [0.05, 0.1) is 6.54 Å². The fourth-order valence-electron chi connectivity index (χ4n) is 1.61. The molecule has 2 heterocycles. The van der Waals surface area contributed by atoms with Crippen LogP contribution < -0.4 is 5.32 Å². The smallest absolute Gasteiger partial charge is 0.249 e. The summed E-state index contributed by atoms with van der Waals surface area (Å²) in [5.74, 6) is -0.720. The van der Waals surface area contributed by atoms with Crippen LogP contribution in [-0.2, 0) is 14.4 Å². The summed E-state index contributed by atoms with van der Waals surface area (Å²) in [7, 11) is 0. The molecule has 5 heteroatoms. The minimum atomic E-state index is -0.529. The minimum absolute atomic E-state index is 0.0406. The zero-order valence-electron chi connectivity index (χ0n) is 6.37. The van der Waals surface area contributed by atoms with Crippen LogP contribution in [0.1, 0.15) is 12.8 Å². The van der Waals surface area contributed by atoms with Crippen molar-refractivity contribution in [1.29, 1.82) is 0 Å². The predicted molar refractivity (Wildman–Crippen MR) is 37.9 cm³/mol. The van der Waals surface area contributed by atoms with E-state index in [1.807, 2.05) is 0 Å². The van der Waals surface area contributed by atoms with E-state index in [2.05, 4.69) is 5.32 Å². The Bertz CT molecular complexity index is 274. The van der Waals surface area contributed by atoms with Crippen LogP contribution in [0.4, 0.5) is 0 Å². The molecule has 2 aliphatic rings. The van der Waals surface area contributed by atoms with Gasteiger partial charge in [0.15, 0.2) is 0 Å². The van der Waals surface area contributed by atoms with E-state index in [4.69, 9.17) is 0 Å².